The number of hydrogen-bond acceptors (Lipinski definition) is 4. The topological polar surface area (TPSA) is 59.0 Å². The van der Waals surface area contributed by atoms with Crippen molar-refractivity contribution in [1.82, 2.24) is 4.90 Å². The van der Waals surface area contributed by atoms with Crippen LogP contribution in [0.3, 0.4) is 0 Å². The van der Waals surface area contributed by atoms with Gasteiger partial charge in [0.15, 0.2) is 0 Å². The number of carbonyl (C=O) groups is 1. The lowest BCUT2D eigenvalue weighted by atomic mass is 9.85. The maximum Gasteiger partial charge on any atom is 0.223 e. The van der Waals surface area contributed by atoms with Crippen LogP contribution in [0.5, 0.6) is 17.2 Å². The standard InChI is InChI=1S/C24H30FNO4/c1-15-9-16(2)14-26(13-15)23(28)12-19(18-7-5-6-8-20(18)25)24-21(27)10-17(29-3)11-22(24)30-4/h5-8,10-11,15-16,19,27H,9,12-14H2,1-4H3. The first-order valence-electron chi connectivity index (χ1n) is 10.3. The van der Waals surface area contributed by atoms with E-state index in [0.29, 0.717) is 47.6 Å². The third-order valence-corrected chi connectivity index (χ3v) is 5.78. The number of hydrogen-bond donors (Lipinski definition) is 1. The molecule has 1 N–H and O–H groups in total. The van der Waals surface area contributed by atoms with E-state index in [-0.39, 0.29) is 18.1 Å². The van der Waals surface area contributed by atoms with Gasteiger partial charge in [0.2, 0.25) is 5.91 Å². The highest BCUT2D eigenvalue weighted by atomic mass is 19.1. The maximum absolute atomic E-state index is 14.8. The molecule has 162 valence electrons. The van der Waals surface area contributed by atoms with E-state index in [1.807, 2.05) is 4.90 Å². The fourth-order valence-electron chi connectivity index (χ4n) is 4.52. The number of likely N-dealkylation sites (tertiary alicyclic amines) is 1. The Morgan fingerprint density at radius 3 is 2.43 bits per heavy atom. The van der Waals surface area contributed by atoms with Gasteiger partial charge in [-0.05, 0) is 29.9 Å². The molecular formula is C24H30FNO4. The van der Waals surface area contributed by atoms with Crippen LogP contribution in [0.1, 0.15) is 43.7 Å². The average Bonchev–Trinajstić information content (AvgIpc) is 2.71. The van der Waals surface area contributed by atoms with Gasteiger partial charge >= 0.3 is 0 Å². The van der Waals surface area contributed by atoms with Crippen LogP contribution >= 0.6 is 0 Å². The number of methoxy groups -OCH3 is 2. The fraction of sp³-hybridized carbons (Fsp3) is 0.458. The van der Waals surface area contributed by atoms with Crippen molar-refractivity contribution in [1.29, 1.82) is 0 Å². The van der Waals surface area contributed by atoms with Crippen LogP contribution in [0.4, 0.5) is 4.39 Å². The molecule has 30 heavy (non-hydrogen) atoms. The Morgan fingerprint density at radius 2 is 1.83 bits per heavy atom. The molecular weight excluding hydrogens is 385 g/mol. The number of carbonyl (C=O) groups excluding carboxylic acids is 1. The predicted molar refractivity (Wildman–Crippen MR) is 114 cm³/mol. The van der Waals surface area contributed by atoms with Crippen LogP contribution in [0.25, 0.3) is 0 Å². The first-order chi connectivity index (χ1) is 14.3. The zero-order valence-electron chi connectivity index (χ0n) is 18.0. The number of phenolic OH excluding ortho intramolecular Hbond substituents is 1. The number of amides is 1. The molecule has 1 aliphatic heterocycles. The van der Waals surface area contributed by atoms with Gasteiger partial charge in [-0.15, -0.1) is 0 Å². The van der Waals surface area contributed by atoms with E-state index in [0.717, 1.165) is 6.42 Å². The highest BCUT2D eigenvalue weighted by Gasteiger charge is 2.32. The van der Waals surface area contributed by atoms with E-state index >= 15 is 0 Å². The van der Waals surface area contributed by atoms with Crippen LogP contribution < -0.4 is 9.47 Å². The van der Waals surface area contributed by atoms with Gasteiger partial charge in [0.05, 0.1) is 14.2 Å². The van der Waals surface area contributed by atoms with Crippen molar-refractivity contribution in [3.8, 4) is 17.2 Å². The first kappa shape index (κ1) is 21.9. The lowest BCUT2D eigenvalue weighted by Gasteiger charge is -2.36. The third-order valence-electron chi connectivity index (χ3n) is 5.78. The zero-order valence-corrected chi connectivity index (χ0v) is 18.0. The van der Waals surface area contributed by atoms with Crippen LogP contribution in [0.2, 0.25) is 0 Å². The van der Waals surface area contributed by atoms with E-state index in [2.05, 4.69) is 13.8 Å². The Kier molecular flexibility index (Phi) is 6.85. The average molecular weight is 416 g/mol. The van der Waals surface area contributed by atoms with E-state index < -0.39 is 11.7 Å². The molecule has 5 nitrogen and oxygen atoms in total. The van der Waals surface area contributed by atoms with Crippen molar-refractivity contribution in [2.75, 3.05) is 27.3 Å². The molecule has 3 atom stereocenters. The highest BCUT2D eigenvalue weighted by molar-refractivity contribution is 5.78. The Hall–Kier alpha value is -2.76. The Morgan fingerprint density at radius 1 is 1.17 bits per heavy atom. The summed E-state index contributed by atoms with van der Waals surface area (Å²) in [5.74, 6) is 0.368. The van der Waals surface area contributed by atoms with Gasteiger partial charge in [0.1, 0.15) is 23.1 Å². The minimum absolute atomic E-state index is 0.0383. The minimum Gasteiger partial charge on any atom is -0.507 e. The van der Waals surface area contributed by atoms with E-state index in [4.69, 9.17) is 9.47 Å². The molecule has 1 amide bonds. The largest absolute Gasteiger partial charge is 0.507 e. The summed E-state index contributed by atoms with van der Waals surface area (Å²) in [4.78, 5) is 15.1. The lowest BCUT2D eigenvalue weighted by molar-refractivity contribution is -0.134. The summed E-state index contributed by atoms with van der Waals surface area (Å²) in [6.07, 6.45) is 1.13. The second-order valence-electron chi connectivity index (χ2n) is 8.29. The monoisotopic (exact) mass is 415 g/mol. The predicted octanol–water partition coefficient (Wildman–Crippen LogP) is 4.58. The van der Waals surface area contributed by atoms with Crippen molar-refractivity contribution in [2.24, 2.45) is 11.8 Å². The number of halogens is 1. The second-order valence-corrected chi connectivity index (χ2v) is 8.29. The number of ether oxygens (including phenoxy) is 2. The number of nitrogens with zero attached hydrogens (tertiary/aromatic N) is 1. The molecule has 0 saturated carbocycles. The Bertz CT molecular complexity index is 891. The number of phenols is 1. The SMILES string of the molecule is COc1cc(O)c(C(CC(=O)N2CC(C)CC(C)C2)c2ccccc2F)c(OC)c1. The van der Waals surface area contributed by atoms with Crippen molar-refractivity contribution in [3.63, 3.8) is 0 Å². The van der Waals surface area contributed by atoms with Crippen LogP contribution in [-0.4, -0.2) is 43.2 Å². The Labute approximate surface area is 177 Å². The molecule has 6 heteroatoms. The summed E-state index contributed by atoms with van der Waals surface area (Å²) in [5.41, 5.74) is 0.734. The summed E-state index contributed by atoms with van der Waals surface area (Å²) in [6.45, 7) is 5.67. The third kappa shape index (κ3) is 4.69. The molecule has 1 aliphatic rings. The maximum atomic E-state index is 14.8. The molecule has 3 rings (SSSR count). The van der Waals surface area contributed by atoms with Gasteiger partial charge in [0.25, 0.3) is 0 Å². The van der Waals surface area contributed by atoms with E-state index in [1.165, 1.54) is 26.4 Å². The van der Waals surface area contributed by atoms with Crippen molar-refractivity contribution >= 4 is 5.91 Å². The first-order valence-corrected chi connectivity index (χ1v) is 10.3. The smallest absolute Gasteiger partial charge is 0.223 e. The Balaban J connectivity index is 2.03. The van der Waals surface area contributed by atoms with Gasteiger partial charge < -0.3 is 19.5 Å². The van der Waals surface area contributed by atoms with Crippen molar-refractivity contribution in [3.05, 3.63) is 53.3 Å². The van der Waals surface area contributed by atoms with Gasteiger partial charge in [-0.1, -0.05) is 32.0 Å². The number of aromatic hydroxyl groups is 1. The number of benzene rings is 2. The molecule has 0 spiro atoms. The zero-order chi connectivity index (χ0) is 21.8. The second kappa shape index (κ2) is 9.37. The molecule has 0 aliphatic carbocycles. The summed E-state index contributed by atoms with van der Waals surface area (Å²) in [7, 11) is 2.97. The summed E-state index contributed by atoms with van der Waals surface area (Å²) in [6, 6.07) is 9.45. The molecule has 0 aromatic heterocycles. The highest BCUT2D eigenvalue weighted by Crippen LogP contribution is 2.43. The summed E-state index contributed by atoms with van der Waals surface area (Å²) in [5, 5.41) is 10.8. The molecule has 3 unspecified atom stereocenters. The van der Waals surface area contributed by atoms with Crippen LogP contribution in [0.15, 0.2) is 36.4 Å². The van der Waals surface area contributed by atoms with E-state index in [9.17, 15) is 14.3 Å². The molecule has 0 radical (unpaired) electrons. The van der Waals surface area contributed by atoms with Crippen molar-refractivity contribution in [2.45, 2.75) is 32.6 Å². The van der Waals surface area contributed by atoms with Crippen LogP contribution in [0, 0.1) is 17.7 Å². The summed E-state index contributed by atoms with van der Waals surface area (Å²) >= 11 is 0. The molecule has 2 aromatic rings. The minimum atomic E-state index is -0.688. The fourth-order valence-corrected chi connectivity index (χ4v) is 4.52. The van der Waals surface area contributed by atoms with E-state index in [1.54, 1.807) is 24.3 Å². The van der Waals surface area contributed by atoms with Gasteiger partial charge in [-0.3, -0.25) is 4.79 Å². The molecule has 1 saturated heterocycles. The molecule has 1 heterocycles. The molecule has 2 aromatic carbocycles. The molecule has 0 bridgehead atoms. The van der Waals surface area contributed by atoms with Crippen LogP contribution in [-0.2, 0) is 4.79 Å². The molecule has 1 fully saturated rings. The quantitative estimate of drug-likeness (QED) is 0.751. The summed E-state index contributed by atoms with van der Waals surface area (Å²) < 4.78 is 25.5. The lowest BCUT2D eigenvalue weighted by Crippen LogP contribution is -2.43. The normalized spacial score (nSPS) is 20.0. The number of piperidine rings is 1. The number of rotatable bonds is 6. The van der Waals surface area contributed by atoms with Gasteiger partial charge in [-0.2, -0.15) is 0 Å². The van der Waals surface area contributed by atoms with Gasteiger partial charge in [-0.25, -0.2) is 4.39 Å². The van der Waals surface area contributed by atoms with Crippen molar-refractivity contribution < 1.29 is 23.8 Å². The van der Waals surface area contributed by atoms with Gasteiger partial charge in [0, 0.05) is 43.1 Å².